The molecule has 1 amide bonds. The van der Waals surface area contributed by atoms with Crippen LogP contribution in [0.15, 0.2) is 53.4 Å². The van der Waals surface area contributed by atoms with E-state index >= 15 is 0 Å². The Morgan fingerprint density at radius 3 is 2.90 bits per heavy atom. The van der Waals surface area contributed by atoms with Gasteiger partial charge in [0.25, 0.3) is 0 Å². The summed E-state index contributed by atoms with van der Waals surface area (Å²) >= 11 is 0. The number of allylic oxidation sites excluding steroid dienone is 3. The van der Waals surface area contributed by atoms with Crippen molar-refractivity contribution >= 4 is 5.91 Å². The van der Waals surface area contributed by atoms with Crippen molar-refractivity contribution in [2.45, 2.75) is 13.5 Å². The van der Waals surface area contributed by atoms with Gasteiger partial charge in [-0.2, -0.15) is 4.98 Å². The molecule has 0 fully saturated rings. The first-order valence-corrected chi connectivity index (χ1v) is 6.10. The van der Waals surface area contributed by atoms with Gasteiger partial charge in [-0.05, 0) is 19.1 Å². The largest absolute Gasteiger partial charge is 0.343 e. The second kappa shape index (κ2) is 6.98. The summed E-state index contributed by atoms with van der Waals surface area (Å²) < 4.78 is 5.06. The standard InChI is InChI=1S/C14H14N4O2/c1-2-3-4-5-12(19)16-10-13-17-14(18-20-13)11-6-8-15-9-7-11/h2-9H,10H2,1H3,(H,16,19). The Hall–Kier alpha value is -2.76. The highest BCUT2D eigenvalue weighted by molar-refractivity contribution is 5.87. The van der Waals surface area contributed by atoms with Crippen LogP contribution in [0.3, 0.4) is 0 Å². The number of aromatic nitrogens is 3. The van der Waals surface area contributed by atoms with Gasteiger partial charge in [0.15, 0.2) is 0 Å². The van der Waals surface area contributed by atoms with Gasteiger partial charge in [-0.1, -0.05) is 23.4 Å². The van der Waals surface area contributed by atoms with Gasteiger partial charge in [-0.15, -0.1) is 0 Å². The maximum atomic E-state index is 11.4. The lowest BCUT2D eigenvalue weighted by molar-refractivity contribution is -0.116. The Balaban J connectivity index is 1.92. The lowest BCUT2D eigenvalue weighted by atomic mass is 10.2. The zero-order valence-electron chi connectivity index (χ0n) is 11.0. The molecule has 0 aromatic carbocycles. The molecule has 0 radical (unpaired) electrons. The van der Waals surface area contributed by atoms with Crippen molar-refractivity contribution in [3.8, 4) is 11.4 Å². The van der Waals surface area contributed by atoms with Crippen LogP contribution in [0.25, 0.3) is 11.4 Å². The molecule has 1 N–H and O–H groups in total. The summed E-state index contributed by atoms with van der Waals surface area (Å²) in [4.78, 5) is 19.5. The number of nitrogens with one attached hydrogen (secondary N) is 1. The average Bonchev–Trinajstić information content (AvgIpc) is 2.95. The third kappa shape index (κ3) is 3.88. The van der Waals surface area contributed by atoms with Crippen LogP contribution in [0.1, 0.15) is 12.8 Å². The van der Waals surface area contributed by atoms with Crippen LogP contribution >= 0.6 is 0 Å². The van der Waals surface area contributed by atoms with Crippen LogP contribution in [-0.4, -0.2) is 21.0 Å². The Morgan fingerprint density at radius 1 is 1.35 bits per heavy atom. The maximum Gasteiger partial charge on any atom is 0.246 e. The first-order valence-electron chi connectivity index (χ1n) is 6.10. The molecular formula is C14H14N4O2. The molecule has 0 aliphatic heterocycles. The molecule has 0 bridgehead atoms. The molecule has 6 nitrogen and oxygen atoms in total. The van der Waals surface area contributed by atoms with Crippen molar-refractivity contribution in [2.75, 3.05) is 0 Å². The van der Waals surface area contributed by atoms with E-state index in [1.165, 1.54) is 6.08 Å². The zero-order valence-corrected chi connectivity index (χ0v) is 11.0. The maximum absolute atomic E-state index is 11.4. The van der Waals surface area contributed by atoms with Gasteiger partial charge < -0.3 is 9.84 Å². The summed E-state index contributed by atoms with van der Waals surface area (Å²) in [5.41, 5.74) is 0.814. The highest BCUT2D eigenvalue weighted by Crippen LogP contribution is 2.13. The van der Waals surface area contributed by atoms with Crippen molar-refractivity contribution in [1.82, 2.24) is 20.4 Å². The SMILES string of the molecule is CC=CC=CC(=O)NCc1nc(-c2ccncc2)no1. The molecule has 2 rings (SSSR count). The van der Waals surface area contributed by atoms with E-state index in [0.29, 0.717) is 11.7 Å². The molecule has 2 aromatic rings. The van der Waals surface area contributed by atoms with Gasteiger partial charge in [-0.25, -0.2) is 0 Å². The Kier molecular flexibility index (Phi) is 4.77. The summed E-state index contributed by atoms with van der Waals surface area (Å²) in [6, 6.07) is 3.57. The smallest absolute Gasteiger partial charge is 0.246 e. The predicted octanol–water partition coefficient (Wildman–Crippen LogP) is 1.88. The normalized spacial score (nSPS) is 11.2. The van der Waals surface area contributed by atoms with E-state index in [-0.39, 0.29) is 12.5 Å². The van der Waals surface area contributed by atoms with E-state index in [0.717, 1.165) is 5.56 Å². The van der Waals surface area contributed by atoms with Crippen LogP contribution < -0.4 is 5.32 Å². The number of pyridine rings is 1. The van der Waals surface area contributed by atoms with E-state index in [1.54, 1.807) is 36.7 Å². The van der Waals surface area contributed by atoms with Crippen LogP contribution in [0.5, 0.6) is 0 Å². The summed E-state index contributed by atoms with van der Waals surface area (Å²) in [7, 11) is 0. The van der Waals surface area contributed by atoms with Crippen LogP contribution in [0.4, 0.5) is 0 Å². The second-order valence-corrected chi connectivity index (χ2v) is 3.85. The molecule has 2 aromatic heterocycles. The summed E-state index contributed by atoms with van der Waals surface area (Å²) in [6.45, 7) is 2.07. The minimum Gasteiger partial charge on any atom is -0.343 e. The summed E-state index contributed by atoms with van der Waals surface area (Å²) in [6.07, 6.45) is 10.0. The third-order valence-corrected chi connectivity index (χ3v) is 2.37. The molecule has 0 saturated carbocycles. The van der Waals surface area contributed by atoms with Crippen LogP contribution in [0.2, 0.25) is 0 Å². The number of hydrogen-bond acceptors (Lipinski definition) is 5. The van der Waals surface area contributed by atoms with Gasteiger partial charge >= 0.3 is 0 Å². The molecule has 2 heterocycles. The van der Waals surface area contributed by atoms with E-state index in [9.17, 15) is 4.79 Å². The van der Waals surface area contributed by atoms with Gasteiger partial charge in [0.2, 0.25) is 17.6 Å². The minimum atomic E-state index is -0.216. The lowest BCUT2D eigenvalue weighted by Gasteiger charge is -1.95. The number of hydrogen-bond donors (Lipinski definition) is 1. The quantitative estimate of drug-likeness (QED) is 0.662. The average molecular weight is 270 g/mol. The minimum absolute atomic E-state index is 0.192. The lowest BCUT2D eigenvalue weighted by Crippen LogP contribution is -2.20. The molecule has 6 heteroatoms. The van der Waals surface area contributed by atoms with E-state index in [2.05, 4.69) is 20.4 Å². The second-order valence-electron chi connectivity index (χ2n) is 3.85. The number of rotatable bonds is 5. The first-order chi connectivity index (χ1) is 9.79. The third-order valence-electron chi connectivity index (χ3n) is 2.37. The van der Waals surface area contributed by atoms with Crippen LogP contribution in [-0.2, 0) is 11.3 Å². The number of carbonyl (C=O) groups excluding carboxylic acids is 1. The molecule has 0 saturated heterocycles. The number of amides is 1. The van der Waals surface area contributed by atoms with Gasteiger partial charge in [0, 0.05) is 24.0 Å². The van der Waals surface area contributed by atoms with E-state index < -0.39 is 0 Å². The van der Waals surface area contributed by atoms with Crippen molar-refractivity contribution in [3.05, 3.63) is 54.7 Å². The highest BCUT2D eigenvalue weighted by atomic mass is 16.5. The molecular weight excluding hydrogens is 256 g/mol. The topological polar surface area (TPSA) is 80.9 Å². The fourth-order valence-corrected chi connectivity index (χ4v) is 1.42. The van der Waals surface area contributed by atoms with Gasteiger partial charge in [0.05, 0.1) is 6.54 Å². The Bertz CT molecular complexity index is 617. The fraction of sp³-hybridized carbons (Fsp3) is 0.143. The number of carbonyl (C=O) groups is 1. The first kappa shape index (κ1) is 13.7. The van der Waals surface area contributed by atoms with Gasteiger partial charge in [0.1, 0.15) is 0 Å². The Morgan fingerprint density at radius 2 is 2.15 bits per heavy atom. The molecule has 102 valence electrons. The van der Waals surface area contributed by atoms with Crippen molar-refractivity contribution in [3.63, 3.8) is 0 Å². The molecule has 20 heavy (non-hydrogen) atoms. The van der Waals surface area contributed by atoms with Crippen molar-refractivity contribution < 1.29 is 9.32 Å². The molecule has 0 aliphatic rings. The van der Waals surface area contributed by atoms with Crippen LogP contribution in [0, 0.1) is 0 Å². The van der Waals surface area contributed by atoms with E-state index in [4.69, 9.17) is 4.52 Å². The molecule has 0 spiro atoms. The molecule has 0 atom stereocenters. The monoisotopic (exact) mass is 270 g/mol. The van der Waals surface area contributed by atoms with Gasteiger partial charge in [-0.3, -0.25) is 9.78 Å². The molecule has 0 aliphatic carbocycles. The molecule has 0 unspecified atom stereocenters. The predicted molar refractivity (Wildman–Crippen MR) is 73.3 cm³/mol. The van der Waals surface area contributed by atoms with Crippen molar-refractivity contribution in [2.24, 2.45) is 0 Å². The fourth-order valence-electron chi connectivity index (χ4n) is 1.42. The van der Waals surface area contributed by atoms with E-state index in [1.807, 2.05) is 13.0 Å². The van der Waals surface area contributed by atoms with Crippen molar-refractivity contribution in [1.29, 1.82) is 0 Å². The summed E-state index contributed by atoms with van der Waals surface area (Å²) in [5, 5.41) is 6.50. The highest BCUT2D eigenvalue weighted by Gasteiger charge is 2.08. The Labute approximate surface area is 116 Å². The zero-order chi connectivity index (χ0) is 14.2. The summed E-state index contributed by atoms with van der Waals surface area (Å²) in [5.74, 6) is 0.609. The number of nitrogens with zero attached hydrogens (tertiary/aromatic N) is 3.